The van der Waals surface area contributed by atoms with Gasteiger partial charge in [0.1, 0.15) is 11.8 Å². The zero-order chi connectivity index (χ0) is 14.3. The molecule has 0 radical (unpaired) electrons. The maximum absolute atomic E-state index is 11.8. The van der Waals surface area contributed by atoms with Crippen molar-refractivity contribution in [1.82, 2.24) is 5.32 Å². The number of aliphatic carboxylic acids is 1. The van der Waals surface area contributed by atoms with E-state index >= 15 is 0 Å². The molecule has 104 valence electrons. The average Bonchev–Trinajstić information content (AvgIpc) is 2.42. The maximum atomic E-state index is 11.8. The fourth-order valence-corrected chi connectivity index (χ4v) is 1.50. The van der Waals surface area contributed by atoms with Gasteiger partial charge in [-0.3, -0.25) is 4.79 Å². The van der Waals surface area contributed by atoms with Crippen LogP contribution in [0.1, 0.15) is 37.0 Å². The number of ether oxygens (including phenoxy) is 1. The maximum Gasteiger partial charge on any atom is 0.326 e. The molecule has 1 aromatic rings. The minimum atomic E-state index is -1.03. The van der Waals surface area contributed by atoms with Crippen LogP contribution in [0.15, 0.2) is 24.3 Å². The van der Waals surface area contributed by atoms with E-state index in [1.807, 2.05) is 6.92 Å². The lowest BCUT2D eigenvalue weighted by Gasteiger charge is -2.12. The molecule has 0 aliphatic rings. The molecule has 0 fully saturated rings. The first kappa shape index (κ1) is 15.0. The molecule has 5 heteroatoms. The lowest BCUT2D eigenvalue weighted by Crippen LogP contribution is -2.40. The van der Waals surface area contributed by atoms with Crippen LogP contribution in [0.3, 0.4) is 0 Å². The first-order valence-corrected chi connectivity index (χ1v) is 6.35. The minimum absolute atomic E-state index is 0.346. The molecule has 0 bridgehead atoms. The normalized spacial score (nSPS) is 11.7. The summed E-state index contributed by atoms with van der Waals surface area (Å²) in [6.07, 6.45) is 1.26. The highest BCUT2D eigenvalue weighted by Gasteiger charge is 2.18. The van der Waals surface area contributed by atoms with Crippen molar-refractivity contribution in [3.05, 3.63) is 29.8 Å². The largest absolute Gasteiger partial charge is 0.494 e. The molecule has 0 unspecified atom stereocenters. The highest BCUT2D eigenvalue weighted by atomic mass is 16.5. The minimum Gasteiger partial charge on any atom is -0.494 e. The fourth-order valence-electron chi connectivity index (χ4n) is 1.50. The molecular formula is C14H19NO4. The SMILES string of the molecule is CCCOc1ccc(C(=O)N[C@@H](CC)C(=O)O)cc1. The molecule has 1 amide bonds. The van der Waals surface area contributed by atoms with Crippen LogP contribution in [0.4, 0.5) is 0 Å². The van der Waals surface area contributed by atoms with Crippen molar-refractivity contribution in [2.24, 2.45) is 0 Å². The number of hydrogen-bond acceptors (Lipinski definition) is 3. The van der Waals surface area contributed by atoms with Crippen molar-refractivity contribution in [1.29, 1.82) is 0 Å². The van der Waals surface area contributed by atoms with E-state index in [0.29, 0.717) is 24.3 Å². The molecule has 0 aliphatic heterocycles. The Kier molecular flexibility index (Phi) is 5.85. The Morgan fingerprint density at radius 1 is 1.26 bits per heavy atom. The van der Waals surface area contributed by atoms with Crippen LogP contribution in [0.25, 0.3) is 0 Å². The van der Waals surface area contributed by atoms with Crippen molar-refractivity contribution >= 4 is 11.9 Å². The van der Waals surface area contributed by atoms with Crippen molar-refractivity contribution in [3.8, 4) is 5.75 Å². The molecule has 0 spiro atoms. The number of carboxylic acids is 1. The van der Waals surface area contributed by atoms with E-state index in [-0.39, 0.29) is 0 Å². The van der Waals surface area contributed by atoms with Gasteiger partial charge in [0.05, 0.1) is 6.61 Å². The monoisotopic (exact) mass is 265 g/mol. The first-order chi connectivity index (χ1) is 9.08. The Balaban J connectivity index is 2.64. The number of nitrogens with one attached hydrogen (secondary N) is 1. The average molecular weight is 265 g/mol. The van der Waals surface area contributed by atoms with Crippen LogP contribution >= 0.6 is 0 Å². The molecule has 1 aromatic carbocycles. The van der Waals surface area contributed by atoms with E-state index in [9.17, 15) is 9.59 Å². The Morgan fingerprint density at radius 3 is 2.37 bits per heavy atom. The van der Waals surface area contributed by atoms with E-state index in [4.69, 9.17) is 9.84 Å². The lowest BCUT2D eigenvalue weighted by molar-refractivity contribution is -0.139. The van der Waals surface area contributed by atoms with Gasteiger partial charge < -0.3 is 15.2 Å². The van der Waals surface area contributed by atoms with Crippen LogP contribution in [0.2, 0.25) is 0 Å². The van der Waals surface area contributed by atoms with Gasteiger partial charge in [0, 0.05) is 5.56 Å². The second kappa shape index (κ2) is 7.41. The number of carbonyl (C=O) groups is 2. The molecule has 2 N–H and O–H groups in total. The zero-order valence-corrected chi connectivity index (χ0v) is 11.2. The number of carboxylic acid groups (broad SMARTS) is 1. The summed E-state index contributed by atoms with van der Waals surface area (Å²) in [5.41, 5.74) is 0.420. The number of rotatable bonds is 7. The fraction of sp³-hybridized carbons (Fsp3) is 0.429. The molecule has 0 aliphatic carbocycles. The van der Waals surface area contributed by atoms with Gasteiger partial charge in [-0.05, 0) is 37.1 Å². The van der Waals surface area contributed by atoms with Crippen LogP contribution in [0.5, 0.6) is 5.75 Å². The quantitative estimate of drug-likeness (QED) is 0.791. The predicted octanol–water partition coefficient (Wildman–Crippen LogP) is 2.07. The standard InChI is InChI=1S/C14H19NO4/c1-3-9-19-11-7-5-10(6-8-11)13(16)15-12(4-2)14(17)18/h5-8,12H,3-4,9H2,1-2H3,(H,15,16)(H,17,18)/t12-/m0/s1. The topological polar surface area (TPSA) is 75.6 Å². The van der Waals surface area contributed by atoms with Gasteiger partial charge in [0.2, 0.25) is 0 Å². The Bertz CT molecular complexity index is 428. The van der Waals surface area contributed by atoms with Crippen molar-refractivity contribution in [2.75, 3.05) is 6.61 Å². The zero-order valence-electron chi connectivity index (χ0n) is 11.2. The molecule has 19 heavy (non-hydrogen) atoms. The van der Waals surface area contributed by atoms with Gasteiger partial charge in [-0.2, -0.15) is 0 Å². The van der Waals surface area contributed by atoms with E-state index in [0.717, 1.165) is 6.42 Å². The van der Waals surface area contributed by atoms with Crippen molar-refractivity contribution < 1.29 is 19.4 Å². The number of benzene rings is 1. The third-order valence-electron chi connectivity index (χ3n) is 2.60. The van der Waals surface area contributed by atoms with Gasteiger partial charge in [-0.1, -0.05) is 13.8 Å². The van der Waals surface area contributed by atoms with Gasteiger partial charge in [0.15, 0.2) is 0 Å². The molecule has 5 nitrogen and oxygen atoms in total. The highest BCUT2D eigenvalue weighted by molar-refractivity contribution is 5.96. The van der Waals surface area contributed by atoms with Crippen LogP contribution < -0.4 is 10.1 Å². The lowest BCUT2D eigenvalue weighted by atomic mass is 10.1. The van der Waals surface area contributed by atoms with Crippen molar-refractivity contribution in [3.63, 3.8) is 0 Å². The van der Waals surface area contributed by atoms with E-state index in [1.165, 1.54) is 0 Å². The number of hydrogen-bond donors (Lipinski definition) is 2. The highest BCUT2D eigenvalue weighted by Crippen LogP contribution is 2.12. The molecule has 0 aromatic heterocycles. The summed E-state index contributed by atoms with van der Waals surface area (Å²) >= 11 is 0. The first-order valence-electron chi connectivity index (χ1n) is 6.35. The summed E-state index contributed by atoms with van der Waals surface area (Å²) in [6, 6.07) is 5.78. The summed E-state index contributed by atoms with van der Waals surface area (Å²) in [4.78, 5) is 22.7. The summed E-state index contributed by atoms with van der Waals surface area (Å²) in [7, 11) is 0. The van der Waals surface area contributed by atoms with Gasteiger partial charge >= 0.3 is 5.97 Å². The second-order valence-electron chi connectivity index (χ2n) is 4.15. The van der Waals surface area contributed by atoms with E-state index in [1.54, 1.807) is 31.2 Å². The second-order valence-corrected chi connectivity index (χ2v) is 4.15. The van der Waals surface area contributed by atoms with Crippen molar-refractivity contribution in [2.45, 2.75) is 32.7 Å². The molecule has 1 rings (SSSR count). The molecule has 1 atom stereocenters. The Morgan fingerprint density at radius 2 is 1.89 bits per heavy atom. The Labute approximate surface area is 112 Å². The van der Waals surface area contributed by atoms with E-state index in [2.05, 4.69) is 5.32 Å². The summed E-state index contributed by atoms with van der Waals surface area (Å²) in [6.45, 7) is 4.35. The molecule has 0 heterocycles. The smallest absolute Gasteiger partial charge is 0.326 e. The van der Waals surface area contributed by atoms with Gasteiger partial charge in [0.25, 0.3) is 5.91 Å². The molecular weight excluding hydrogens is 246 g/mol. The summed E-state index contributed by atoms with van der Waals surface area (Å²) in [5, 5.41) is 11.3. The van der Waals surface area contributed by atoms with Crippen LogP contribution in [-0.2, 0) is 4.79 Å². The number of carbonyl (C=O) groups excluding carboxylic acids is 1. The third-order valence-corrected chi connectivity index (χ3v) is 2.60. The predicted molar refractivity (Wildman–Crippen MR) is 71.4 cm³/mol. The van der Waals surface area contributed by atoms with Crippen LogP contribution in [0, 0.1) is 0 Å². The summed E-state index contributed by atoms with van der Waals surface area (Å²) in [5.74, 6) is -0.723. The summed E-state index contributed by atoms with van der Waals surface area (Å²) < 4.78 is 5.40. The molecule has 0 saturated carbocycles. The van der Waals surface area contributed by atoms with E-state index < -0.39 is 17.9 Å². The Hall–Kier alpha value is -2.04. The van der Waals surface area contributed by atoms with Gasteiger partial charge in [-0.25, -0.2) is 4.79 Å². The third kappa shape index (κ3) is 4.62. The van der Waals surface area contributed by atoms with Crippen LogP contribution in [-0.4, -0.2) is 29.6 Å². The number of amides is 1. The molecule has 0 saturated heterocycles. The van der Waals surface area contributed by atoms with Gasteiger partial charge in [-0.15, -0.1) is 0 Å².